The normalized spacial score (nSPS) is 11.4. The van der Waals surface area contributed by atoms with E-state index in [0.717, 1.165) is 12.6 Å². The number of rotatable bonds is 6. The first kappa shape index (κ1) is 16.4. The minimum Gasteiger partial charge on any atom is -0.399 e. The van der Waals surface area contributed by atoms with Crippen LogP contribution in [0.4, 0.5) is 10.1 Å². The molecule has 1 rings (SSSR count). The molecule has 4 nitrogen and oxygen atoms in total. The molecule has 0 radical (unpaired) electrons. The highest BCUT2D eigenvalue weighted by Gasteiger charge is 2.15. The Balaban J connectivity index is 2.55. The average molecular weight is 281 g/mol. The number of nitrogen functional groups attached to an aromatic ring is 1. The molecular weight excluding hydrogens is 257 g/mol. The van der Waals surface area contributed by atoms with E-state index in [9.17, 15) is 9.18 Å². The van der Waals surface area contributed by atoms with Gasteiger partial charge >= 0.3 is 0 Å². The fraction of sp³-hybridized carbons (Fsp3) is 0.533. The Morgan fingerprint density at radius 2 is 1.90 bits per heavy atom. The van der Waals surface area contributed by atoms with E-state index in [1.165, 1.54) is 12.1 Å². The molecule has 1 amide bonds. The van der Waals surface area contributed by atoms with E-state index >= 15 is 0 Å². The number of nitrogens with two attached hydrogens (primary N) is 1. The molecule has 0 aliphatic heterocycles. The standard InChI is InChI=1S/C15H24FN3O/c1-10(2)19(11(3)4)8-7-18-15(20)13-6-5-12(17)9-14(13)16/h5-6,9-11H,7-8,17H2,1-4H3,(H,18,20). The first-order valence-electron chi connectivity index (χ1n) is 6.92. The Morgan fingerprint density at radius 1 is 1.30 bits per heavy atom. The van der Waals surface area contributed by atoms with Crippen LogP contribution in [0.5, 0.6) is 0 Å². The summed E-state index contributed by atoms with van der Waals surface area (Å²) in [4.78, 5) is 14.2. The van der Waals surface area contributed by atoms with Gasteiger partial charge in [-0.05, 0) is 45.9 Å². The first-order valence-corrected chi connectivity index (χ1v) is 6.92. The van der Waals surface area contributed by atoms with Crippen molar-refractivity contribution in [3.8, 4) is 0 Å². The van der Waals surface area contributed by atoms with Gasteiger partial charge in [0.15, 0.2) is 0 Å². The average Bonchev–Trinajstić information content (AvgIpc) is 2.33. The third-order valence-corrected chi connectivity index (χ3v) is 3.22. The van der Waals surface area contributed by atoms with Crippen LogP contribution in [-0.2, 0) is 0 Å². The van der Waals surface area contributed by atoms with E-state index in [-0.39, 0.29) is 5.56 Å². The number of amides is 1. The second-order valence-electron chi connectivity index (χ2n) is 5.42. The first-order chi connectivity index (χ1) is 9.32. The van der Waals surface area contributed by atoms with Crippen LogP contribution >= 0.6 is 0 Å². The summed E-state index contributed by atoms with van der Waals surface area (Å²) in [7, 11) is 0. The number of anilines is 1. The molecule has 0 bridgehead atoms. The van der Waals surface area contributed by atoms with Gasteiger partial charge < -0.3 is 11.1 Å². The number of nitrogens with one attached hydrogen (secondary N) is 1. The number of carbonyl (C=O) groups excluding carboxylic acids is 1. The number of benzene rings is 1. The number of carbonyl (C=O) groups is 1. The van der Waals surface area contributed by atoms with Gasteiger partial charge in [0, 0.05) is 30.9 Å². The Bertz CT molecular complexity index is 452. The molecule has 0 atom stereocenters. The van der Waals surface area contributed by atoms with Gasteiger partial charge in [0.25, 0.3) is 5.91 Å². The van der Waals surface area contributed by atoms with Crippen molar-refractivity contribution in [1.29, 1.82) is 0 Å². The number of hydrogen-bond donors (Lipinski definition) is 2. The van der Waals surface area contributed by atoms with Gasteiger partial charge in [-0.3, -0.25) is 9.69 Å². The number of nitrogens with zero attached hydrogens (tertiary/aromatic N) is 1. The van der Waals surface area contributed by atoms with E-state index in [1.54, 1.807) is 0 Å². The highest BCUT2D eigenvalue weighted by Crippen LogP contribution is 2.11. The molecule has 112 valence electrons. The molecule has 0 spiro atoms. The van der Waals surface area contributed by atoms with Crippen LogP contribution in [-0.4, -0.2) is 36.0 Å². The summed E-state index contributed by atoms with van der Waals surface area (Å²) in [6.07, 6.45) is 0. The quantitative estimate of drug-likeness (QED) is 0.786. The molecule has 0 aliphatic rings. The lowest BCUT2D eigenvalue weighted by atomic mass is 10.2. The molecule has 1 aromatic carbocycles. The molecule has 3 N–H and O–H groups in total. The zero-order chi connectivity index (χ0) is 15.3. The predicted molar refractivity (Wildman–Crippen MR) is 80.1 cm³/mol. The Kier molecular flexibility index (Phi) is 5.95. The summed E-state index contributed by atoms with van der Waals surface area (Å²) in [6.45, 7) is 9.67. The van der Waals surface area contributed by atoms with Crippen molar-refractivity contribution in [3.05, 3.63) is 29.6 Å². The minimum absolute atomic E-state index is 0.0276. The molecule has 0 saturated heterocycles. The summed E-state index contributed by atoms with van der Waals surface area (Å²) in [5.74, 6) is -0.998. The lowest BCUT2D eigenvalue weighted by Gasteiger charge is -2.30. The lowest BCUT2D eigenvalue weighted by molar-refractivity contribution is 0.0935. The van der Waals surface area contributed by atoms with Crippen LogP contribution in [0, 0.1) is 5.82 Å². The summed E-state index contributed by atoms with van der Waals surface area (Å²) in [5, 5.41) is 2.74. The zero-order valence-corrected chi connectivity index (χ0v) is 12.6. The number of hydrogen-bond acceptors (Lipinski definition) is 3. The smallest absolute Gasteiger partial charge is 0.254 e. The van der Waals surface area contributed by atoms with Crippen molar-refractivity contribution >= 4 is 11.6 Å². The van der Waals surface area contributed by atoms with Gasteiger partial charge in [-0.15, -0.1) is 0 Å². The lowest BCUT2D eigenvalue weighted by Crippen LogP contribution is -2.42. The topological polar surface area (TPSA) is 58.4 Å². The molecule has 0 aromatic heterocycles. The Morgan fingerprint density at radius 3 is 2.40 bits per heavy atom. The Labute approximate surface area is 120 Å². The summed E-state index contributed by atoms with van der Waals surface area (Å²) < 4.78 is 13.6. The molecule has 0 unspecified atom stereocenters. The van der Waals surface area contributed by atoms with E-state index in [2.05, 4.69) is 37.9 Å². The van der Waals surface area contributed by atoms with Gasteiger partial charge in [-0.1, -0.05) is 0 Å². The predicted octanol–water partition coefficient (Wildman–Crippen LogP) is 2.26. The molecule has 20 heavy (non-hydrogen) atoms. The molecule has 5 heteroatoms. The maximum atomic E-state index is 13.6. The van der Waals surface area contributed by atoms with E-state index in [1.807, 2.05) is 0 Å². The summed E-state index contributed by atoms with van der Waals surface area (Å²) in [6, 6.07) is 4.89. The fourth-order valence-electron chi connectivity index (χ4n) is 2.22. The molecule has 0 fully saturated rings. The third-order valence-electron chi connectivity index (χ3n) is 3.22. The van der Waals surface area contributed by atoms with Crippen molar-refractivity contribution in [3.63, 3.8) is 0 Å². The van der Waals surface area contributed by atoms with Crippen LogP contribution in [0.3, 0.4) is 0 Å². The van der Waals surface area contributed by atoms with E-state index < -0.39 is 11.7 Å². The zero-order valence-electron chi connectivity index (χ0n) is 12.6. The van der Waals surface area contributed by atoms with Crippen LogP contribution in [0.15, 0.2) is 18.2 Å². The minimum atomic E-state index is -0.591. The van der Waals surface area contributed by atoms with E-state index in [4.69, 9.17) is 5.73 Å². The molecule has 1 aromatic rings. The highest BCUT2D eigenvalue weighted by molar-refractivity contribution is 5.94. The van der Waals surface area contributed by atoms with Gasteiger partial charge in [-0.2, -0.15) is 0 Å². The van der Waals surface area contributed by atoms with E-state index in [0.29, 0.717) is 24.3 Å². The van der Waals surface area contributed by atoms with Gasteiger partial charge in [-0.25, -0.2) is 4.39 Å². The van der Waals surface area contributed by atoms with Gasteiger partial charge in [0.05, 0.1) is 5.56 Å². The maximum absolute atomic E-state index is 13.6. The van der Waals surface area contributed by atoms with Crippen molar-refractivity contribution < 1.29 is 9.18 Å². The second-order valence-corrected chi connectivity index (χ2v) is 5.42. The SMILES string of the molecule is CC(C)N(CCNC(=O)c1ccc(N)cc1F)C(C)C. The summed E-state index contributed by atoms with van der Waals surface area (Å²) >= 11 is 0. The highest BCUT2D eigenvalue weighted by atomic mass is 19.1. The monoisotopic (exact) mass is 281 g/mol. The molecule has 0 saturated carbocycles. The van der Waals surface area contributed by atoms with Crippen molar-refractivity contribution in [2.24, 2.45) is 0 Å². The largest absolute Gasteiger partial charge is 0.399 e. The molecule has 0 aliphatic carbocycles. The van der Waals surface area contributed by atoms with Crippen LogP contribution < -0.4 is 11.1 Å². The van der Waals surface area contributed by atoms with Crippen molar-refractivity contribution in [1.82, 2.24) is 10.2 Å². The van der Waals surface area contributed by atoms with Crippen molar-refractivity contribution in [2.45, 2.75) is 39.8 Å². The number of halogens is 1. The van der Waals surface area contributed by atoms with Crippen LogP contribution in [0.2, 0.25) is 0 Å². The maximum Gasteiger partial charge on any atom is 0.254 e. The molecular formula is C15H24FN3O. The fourth-order valence-corrected chi connectivity index (χ4v) is 2.22. The summed E-state index contributed by atoms with van der Waals surface area (Å²) in [5.41, 5.74) is 5.79. The van der Waals surface area contributed by atoms with Gasteiger partial charge in [0.1, 0.15) is 5.82 Å². The van der Waals surface area contributed by atoms with Crippen LogP contribution in [0.1, 0.15) is 38.1 Å². The van der Waals surface area contributed by atoms with Crippen LogP contribution in [0.25, 0.3) is 0 Å². The van der Waals surface area contributed by atoms with Gasteiger partial charge in [0.2, 0.25) is 0 Å². The Hall–Kier alpha value is -1.62. The van der Waals surface area contributed by atoms with Crippen molar-refractivity contribution in [2.75, 3.05) is 18.8 Å². The third kappa shape index (κ3) is 4.49. The second kappa shape index (κ2) is 7.24. The molecule has 0 heterocycles.